The number of imidazole rings is 1. The van der Waals surface area contributed by atoms with E-state index in [2.05, 4.69) is 10.3 Å². The first-order chi connectivity index (χ1) is 7.54. The van der Waals surface area contributed by atoms with E-state index in [9.17, 15) is 8.42 Å². The number of aromatic nitrogens is 2. The Hall–Kier alpha value is -0.920. The molecule has 0 aliphatic carbocycles. The molecule has 16 heavy (non-hydrogen) atoms. The number of nitrogens with zero attached hydrogens (tertiary/aromatic N) is 3. The van der Waals surface area contributed by atoms with Crippen LogP contribution in [0, 0.1) is 0 Å². The summed E-state index contributed by atoms with van der Waals surface area (Å²) in [6, 6.07) is 0.249. The van der Waals surface area contributed by atoms with Gasteiger partial charge in [0.25, 0.3) is 10.0 Å². The number of nitrogens with one attached hydrogen (secondary N) is 1. The predicted molar refractivity (Wildman–Crippen MR) is 59.4 cm³/mol. The van der Waals surface area contributed by atoms with Crippen LogP contribution in [0.25, 0.3) is 0 Å². The van der Waals surface area contributed by atoms with Crippen LogP contribution >= 0.6 is 0 Å². The first kappa shape index (κ1) is 11.6. The van der Waals surface area contributed by atoms with Crippen molar-refractivity contribution in [2.45, 2.75) is 17.5 Å². The van der Waals surface area contributed by atoms with Crippen LogP contribution in [0.1, 0.15) is 6.42 Å². The molecule has 1 aromatic rings. The fraction of sp³-hybridized carbons (Fsp3) is 0.667. The van der Waals surface area contributed by atoms with Crippen molar-refractivity contribution in [3.63, 3.8) is 0 Å². The third-order valence-electron chi connectivity index (χ3n) is 2.84. The number of likely N-dealkylation sites (N-methyl/N-ethyl adjacent to an activating group) is 1. The molecule has 6 nitrogen and oxygen atoms in total. The minimum absolute atomic E-state index is 0.131. The maximum Gasteiger partial charge on any atom is 0.262 e. The Kier molecular flexibility index (Phi) is 3.00. The monoisotopic (exact) mass is 244 g/mol. The molecule has 1 saturated heterocycles. The first-order valence-corrected chi connectivity index (χ1v) is 6.63. The molecule has 1 N–H and O–H groups in total. The maximum atomic E-state index is 12.1. The number of aryl methyl sites for hydroxylation is 1. The molecule has 2 rings (SSSR count). The summed E-state index contributed by atoms with van der Waals surface area (Å²) in [6.07, 6.45) is 3.88. The van der Waals surface area contributed by atoms with Crippen molar-refractivity contribution in [1.82, 2.24) is 19.2 Å². The summed E-state index contributed by atoms with van der Waals surface area (Å²) < 4.78 is 27.4. The summed E-state index contributed by atoms with van der Waals surface area (Å²) in [5.74, 6) is 0. The second-order valence-corrected chi connectivity index (χ2v) is 5.90. The van der Waals surface area contributed by atoms with Crippen LogP contribution in [0.3, 0.4) is 0 Å². The van der Waals surface area contributed by atoms with Gasteiger partial charge in [0.2, 0.25) is 0 Å². The zero-order valence-electron chi connectivity index (χ0n) is 9.42. The number of hydrogen-bond acceptors (Lipinski definition) is 4. The van der Waals surface area contributed by atoms with Gasteiger partial charge in [0.05, 0.1) is 6.33 Å². The molecule has 0 amide bonds. The van der Waals surface area contributed by atoms with Crippen molar-refractivity contribution in [3.8, 4) is 0 Å². The van der Waals surface area contributed by atoms with Gasteiger partial charge in [0.1, 0.15) is 0 Å². The molecular formula is C9H16N4O2S. The topological polar surface area (TPSA) is 67.2 Å². The predicted octanol–water partition coefficient (Wildman–Crippen LogP) is -0.597. The molecule has 0 saturated carbocycles. The highest BCUT2D eigenvalue weighted by Crippen LogP contribution is 2.19. The van der Waals surface area contributed by atoms with Crippen LogP contribution in [-0.4, -0.2) is 48.5 Å². The van der Waals surface area contributed by atoms with Crippen molar-refractivity contribution < 1.29 is 8.42 Å². The summed E-state index contributed by atoms with van der Waals surface area (Å²) in [6.45, 7) is 1.08. The van der Waals surface area contributed by atoms with Crippen molar-refractivity contribution in [2.24, 2.45) is 7.05 Å². The largest absolute Gasteiger partial charge is 0.339 e. The third kappa shape index (κ3) is 1.98. The molecule has 90 valence electrons. The van der Waals surface area contributed by atoms with Crippen LogP contribution in [0.15, 0.2) is 17.6 Å². The Balaban J connectivity index is 2.21. The summed E-state index contributed by atoms with van der Waals surface area (Å²) in [5.41, 5.74) is 0. The lowest BCUT2D eigenvalue weighted by Crippen LogP contribution is -2.33. The molecule has 1 fully saturated rings. The van der Waals surface area contributed by atoms with Crippen LogP contribution in [-0.2, 0) is 17.1 Å². The SMILES string of the molecule is CNC1CCN(S(=O)(=O)c2cn(C)cn2)C1. The maximum absolute atomic E-state index is 12.1. The van der Waals surface area contributed by atoms with E-state index >= 15 is 0 Å². The summed E-state index contributed by atoms with van der Waals surface area (Å²) in [5, 5.41) is 3.22. The number of hydrogen-bond donors (Lipinski definition) is 1. The van der Waals surface area contributed by atoms with E-state index in [-0.39, 0.29) is 11.1 Å². The van der Waals surface area contributed by atoms with Gasteiger partial charge in [-0.1, -0.05) is 0 Å². The normalized spacial score (nSPS) is 22.8. The Morgan fingerprint density at radius 3 is 2.81 bits per heavy atom. The molecule has 0 spiro atoms. The highest BCUT2D eigenvalue weighted by Gasteiger charge is 2.33. The fourth-order valence-electron chi connectivity index (χ4n) is 1.84. The summed E-state index contributed by atoms with van der Waals surface area (Å²) >= 11 is 0. The lowest BCUT2D eigenvalue weighted by Gasteiger charge is -2.14. The van der Waals surface area contributed by atoms with Gasteiger partial charge in [-0.05, 0) is 13.5 Å². The summed E-state index contributed by atoms with van der Waals surface area (Å²) in [7, 11) is 0.206. The molecule has 1 aliphatic rings. The molecule has 0 radical (unpaired) electrons. The Bertz CT molecular complexity index is 468. The van der Waals surface area contributed by atoms with Crippen LogP contribution in [0.4, 0.5) is 0 Å². The summed E-state index contributed by atoms with van der Waals surface area (Å²) in [4.78, 5) is 3.90. The van der Waals surface area contributed by atoms with Crippen molar-refractivity contribution >= 4 is 10.0 Å². The second kappa shape index (κ2) is 4.15. The highest BCUT2D eigenvalue weighted by atomic mass is 32.2. The average molecular weight is 244 g/mol. The lowest BCUT2D eigenvalue weighted by atomic mass is 10.3. The van der Waals surface area contributed by atoms with Crippen LogP contribution in [0.5, 0.6) is 0 Å². The van der Waals surface area contributed by atoms with E-state index in [1.54, 1.807) is 11.6 Å². The molecule has 1 unspecified atom stereocenters. The van der Waals surface area contributed by atoms with Gasteiger partial charge in [-0.3, -0.25) is 0 Å². The number of rotatable bonds is 3. The highest BCUT2D eigenvalue weighted by molar-refractivity contribution is 7.89. The van der Waals surface area contributed by atoms with E-state index < -0.39 is 10.0 Å². The van der Waals surface area contributed by atoms with Gasteiger partial charge in [-0.25, -0.2) is 13.4 Å². The second-order valence-electron chi connectivity index (χ2n) is 4.01. The van der Waals surface area contributed by atoms with Crippen molar-refractivity contribution in [3.05, 3.63) is 12.5 Å². The molecule has 1 aliphatic heterocycles. The minimum Gasteiger partial charge on any atom is -0.339 e. The van der Waals surface area contributed by atoms with Gasteiger partial charge in [-0.15, -0.1) is 0 Å². The molecular weight excluding hydrogens is 228 g/mol. The third-order valence-corrected chi connectivity index (χ3v) is 4.60. The average Bonchev–Trinajstić information content (AvgIpc) is 2.85. The van der Waals surface area contributed by atoms with Crippen molar-refractivity contribution in [1.29, 1.82) is 0 Å². The molecule has 7 heteroatoms. The standard InChI is InChI=1S/C9H16N4O2S/c1-10-8-3-4-13(5-8)16(14,15)9-6-12(2)7-11-9/h6-8,10H,3-5H2,1-2H3. The Labute approximate surface area is 95.3 Å². The number of sulfonamides is 1. The lowest BCUT2D eigenvalue weighted by molar-refractivity contribution is 0.462. The van der Waals surface area contributed by atoms with Gasteiger partial charge < -0.3 is 9.88 Å². The van der Waals surface area contributed by atoms with E-state index in [4.69, 9.17) is 0 Å². The van der Waals surface area contributed by atoms with Crippen molar-refractivity contribution in [2.75, 3.05) is 20.1 Å². The molecule has 2 heterocycles. The molecule has 0 bridgehead atoms. The zero-order chi connectivity index (χ0) is 11.8. The van der Waals surface area contributed by atoms with E-state index in [0.717, 1.165) is 6.42 Å². The molecule has 1 atom stereocenters. The molecule has 0 aromatic carbocycles. The smallest absolute Gasteiger partial charge is 0.262 e. The van der Waals surface area contributed by atoms with Gasteiger partial charge in [0, 0.05) is 32.4 Å². The Morgan fingerprint density at radius 1 is 1.56 bits per heavy atom. The van der Waals surface area contributed by atoms with Gasteiger partial charge in [-0.2, -0.15) is 4.31 Å². The quantitative estimate of drug-likeness (QED) is 0.771. The van der Waals surface area contributed by atoms with E-state index in [1.807, 2.05) is 7.05 Å². The van der Waals surface area contributed by atoms with E-state index in [0.29, 0.717) is 13.1 Å². The van der Waals surface area contributed by atoms with Gasteiger partial charge >= 0.3 is 0 Å². The van der Waals surface area contributed by atoms with Gasteiger partial charge in [0.15, 0.2) is 5.03 Å². The molecule has 1 aromatic heterocycles. The van der Waals surface area contributed by atoms with Crippen LogP contribution in [0.2, 0.25) is 0 Å². The fourth-order valence-corrected chi connectivity index (χ4v) is 3.30. The zero-order valence-corrected chi connectivity index (χ0v) is 10.2. The van der Waals surface area contributed by atoms with Crippen LogP contribution < -0.4 is 5.32 Å². The van der Waals surface area contributed by atoms with E-state index in [1.165, 1.54) is 16.8 Å². The Morgan fingerprint density at radius 2 is 2.31 bits per heavy atom. The minimum atomic E-state index is -3.40. The first-order valence-electron chi connectivity index (χ1n) is 5.19.